The number of carbonyl (C=O) groups excluding carboxylic acids is 1. The standard InChI is InChI=1S/C20H18ClN5O/c1-23-15(27)12-24-20-16(18(22)13-8-4-2-5-9-13)17(21)19(25-26-20)14-10-6-3-7-11-14/h2-11,22H,12H2,1H3,(H,23,27)(H,24,26). The van der Waals surface area contributed by atoms with Gasteiger partial charge in [-0.3, -0.25) is 10.2 Å². The summed E-state index contributed by atoms with van der Waals surface area (Å²) in [4.78, 5) is 11.6. The molecule has 0 unspecified atom stereocenters. The molecule has 27 heavy (non-hydrogen) atoms. The number of aromatic nitrogens is 2. The molecule has 0 aliphatic rings. The van der Waals surface area contributed by atoms with Gasteiger partial charge in [0.15, 0.2) is 5.82 Å². The molecular weight excluding hydrogens is 362 g/mol. The maximum atomic E-state index is 11.6. The number of halogens is 1. The zero-order chi connectivity index (χ0) is 19.2. The Labute approximate surface area is 162 Å². The van der Waals surface area contributed by atoms with Crippen molar-refractivity contribution < 1.29 is 4.79 Å². The van der Waals surface area contributed by atoms with Gasteiger partial charge in [0.05, 0.1) is 22.8 Å². The monoisotopic (exact) mass is 379 g/mol. The fraction of sp³-hybridized carbons (Fsp3) is 0.100. The normalized spacial score (nSPS) is 10.3. The first-order valence-corrected chi connectivity index (χ1v) is 8.70. The van der Waals surface area contributed by atoms with Crippen molar-refractivity contribution in [1.82, 2.24) is 15.5 Å². The largest absolute Gasteiger partial charge is 0.359 e. The molecule has 3 N–H and O–H groups in total. The lowest BCUT2D eigenvalue weighted by molar-refractivity contribution is -0.118. The molecule has 3 rings (SSSR count). The molecule has 0 atom stereocenters. The predicted octanol–water partition coefficient (Wildman–Crippen LogP) is 3.37. The Kier molecular flexibility index (Phi) is 5.78. The molecule has 0 radical (unpaired) electrons. The smallest absolute Gasteiger partial charge is 0.239 e. The van der Waals surface area contributed by atoms with E-state index in [0.29, 0.717) is 21.8 Å². The number of hydrogen-bond donors (Lipinski definition) is 3. The highest BCUT2D eigenvalue weighted by Gasteiger charge is 2.21. The number of likely N-dealkylation sites (N-methyl/N-ethyl adjacent to an activating group) is 1. The fourth-order valence-electron chi connectivity index (χ4n) is 2.55. The maximum absolute atomic E-state index is 11.6. The van der Waals surface area contributed by atoms with E-state index in [-0.39, 0.29) is 24.0 Å². The highest BCUT2D eigenvalue weighted by molar-refractivity contribution is 6.38. The number of nitrogens with zero attached hydrogens (tertiary/aromatic N) is 2. The van der Waals surface area contributed by atoms with Gasteiger partial charge in [-0.1, -0.05) is 72.3 Å². The van der Waals surface area contributed by atoms with Crippen molar-refractivity contribution >= 4 is 29.0 Å². The Morgan fingerprint density at radius 3 is 2.30 bits per heavy atom. The Bertz CT molecular complexity index is 961. The van der Waals surface area contributed by atoms with Gasteiger partial charge in [-0.05, 0) is 0 Å². The van der Waals surface area contributed by atoms with Gasteiger partial charge in [0.1, 0.15) is 5.69 Å². The number of amides is 1. The van der Waals surface area contributed by atoms with E-state index in [1.54, 1.807) is 7.05 Å². The Balaban J connectivity index is 2.10. The summed E-state index contributed by atoms with van der Waals surface area (Å²) in [5, 5.41) is 22.8. The van der Waals surface area contributed by atoms with E-state index in [9.17, 15) is 4.79 Å². The van der Waals surface area contributed by atoms with Gasteiger partial charge in [-0.15, -0.1) is 10.2 Å². The van der Waals surface area contributed by atoms with Crippen molar-refractivity contribution in [3.63, 3.8) is 0 Å². The predicted molar refractivity (Wildman–Crippen MR) is 107 cm³/mol. The second kappa shape index (κ2) is 8.42. The molecule has 0 aliphatic carbocycles. The van der Waals surface area contributed by atoms with E-state index >= 15 is 0 Å². The first-order chi connectivity index (χ1) is 13.1. The zero-order valence-corrected chi connectivity index (χ0v) is 15.4. The minimum Gasteiger partial charge on any atom is -0.359 e. The van der Waals surface area contributed by atoms with Crippen LogP contribution in [0.4, 0.5) is 5.82 Å². The van der Waals surface area contributed by atoms with Crippen LogP contribution in [0.15, 0.2) is 60.7 Å². The van der Waals surface area contributed by atoms with Gasteiger partial charge in [-0.2, -0.15) is 0 Å². The van der Waals surface area contributed by atoms with Crippen LogP contribution >= 0.6 is 11.6 Å². The van der Waals surface area contributed by atoms with E-state index in [1.165, 1.54) is 0 Å². The van der Waals surface area contributed by atoms with Crippen LogP contribution in [0.25, 0.3) is 11.3 Å². The minimum absolute atomic E-state index is 0.00125. The van der Waals surface area contributed by atoms with Gasteiger partial charge in [-0.25, -0.2) is 0 Å². The molecule has 0 saturated carbocycles. The molecule has 0 spiro atoms. The molecule has 7 heteroatoms. The van der Waals surface area contributed by atoms with Crippen LogP contribution in [0.3, 0.4) is 0 Å². The van der Waals surface area contributed by atoms with Crippen molar-refractivity contribution in [1.29, 1.82) is 5.41 Å². The average Bonchev–Trinajstić information content (AvgIpc) is 2.72. The van der Waals surface area contributed by atoms with Crippen LogP contribution in [0, 0.1) is 5.41 Å². The van der Waals surface area contributed by atoms with Crippen LogP contribution in [-0.2, 0) is 4.79 Å². The number of anilines is 1. The lowest BCUT2D eigenvalue weighted by Crippen LogP contribution is -2.27. The van der Waals surface area contributed by atoms with Crippen LogP contribution < -0.4 is 10.6 Å². The van der Waals surface area contributed by atoms with Crippen LogP contribution in [0.1, 0.15) is 11.1 Å². The average molecular weight is 380 g/mol. The molecule has 0 aliphatic heterocycles. The molecule has 1 aromatic heterocycles. The zero-order valence-electron chi connectivity index (χ0n) is 14.7. The highest BCUT2D eigenvalue weighted by atomic mass is 35.5. The molecule has 0 bridgehead atoms. The second-order valence-corrected chi connectivity index (χ2v) is 6.10. The quantitative estimate of drug-likeness (QED) is 0.573. The molecule has 2 aromatic carbocycles. The minimum atomic E-state index is -0.211. The van der Waals surface area contributed by atoms with Crippen LogP contribution in [-0.4, -0.2) is 35.4 Å². The number of benzene rings is 2. The van der Waals surface area contributed by atoms with Gasteiger partial charge in [0.25, 0.3) is 0 Å². The highest BCUT2D eigenvalue weighted by Crippen LogP contribution is 2.33. The Morgan fingerprint density at radius 2 is 1.67 bits per heavy atom. The lowest BCUT2D eigenvalue weighted by atomic mass is 10.0. The summed E-state index contributed by atoms with van der Waals surface area (Å²) in [5.41, 5.74) is 2.58. The topological polar surface area (TPSA) is 90.8 Å². The summed E-state index contributed by atoms with van der Waals surface area (Å²) in [6.45, 7) is 0.00125. The van der Waals surface area contributed by atoms with E-state index in [1.807, 2.05) is 60.7 Å². The van der Waals surface area contributed by atoms with Crippen molar-refractivity contribution in [2.45, 2.75) is 0 Å². The van der Waals surface area contributed by atoms with Crippen LogP contribution in [0.5, 0.6) is 0 Å². The number of carbonyl (C=O) groups is 1. The Morgan fingerprint density at radius 1 is 1.04 bits per heavy atom. The summed E-state index contributed by atoms with van der Waals surface area (Å²) in [6, 6.07) is 18.6. The summed E-state index contributed by atoms with van der Waals surface area (Å²) < 4.78 is 0. The third-order valence-electron chi connectivity index (χ3n) is 3.97. The lowest BCUT2D eigenvalue weighted by Gasteiger charge is -2.15. The number of nitrogens with one attached hydrogen (secondary N) is 3. The SMILES string of the molecule is CNC(=O)CNc1nnc(-c2ccccc2)c(Cl)c1C(=N)c1ccccc1. The maximum Gasteiger partial charge on any atom is 0.239 e. The molecule has 3 aromatic rings. The van der Waals surface area contributed by atoms with E-state index in [4.69, 9.17) is 17.0 Å². The first kappa shape index (κ1) is 18.5. The summed E-state index contributed by atoms with van der Waals surface area (Å²) in [6.07, 6.45) is 0. The van der Waals surface area contributed by atoms with Crippen molar-refractivity contribution in [3.05, 3.63) is 76.8 Å². The van der Waals surface area contributed by atoms with Gasteiger partial charge in [0, 0.05) is 18.2 Å². The van der Waals surface area contributed by atoms with Gasteiger partial charge in [0.2, 0.25) is 5.91 Å². The molecule has 6 nitrogen and oxygen atoms in total. The molecule has 1 heterocycles. The third-order valence-corrected chi connectivity index (χ3v) is 4.34. The van der Waals surface area contributed by atoms with E-state index in [2.05, 4.69) is 20.8 Å². The molecular formula is C20H18ClN5O. The van der Waals surface area contributed by atoms with Crippen molar-refractivity contribution in [3.8, 4) is 11.3 Å². The van der Waals surface area contributed by atoms with E-state index < -0.39 is 0 Å². The van der Waals surface area contributed by atoms with E-state index in [0.717, 1.165) is 5.56 Å². The van der Waals surface area contributed by atoms with Gasteiger partial charge < -0.3 is 10.6 Å². The van der Waals surface area contributed by atoms with Crippen molar-refractivity contribution in [2.75, 3.05) is 18.9 Å². The fourth-order valence-corrected chi connectivity index (χ4v) is 2.88. The second-order valence-electron chi connectivity index (χ2n) is 5.72. The summed E-state index contributed by atoms with van der Waals surface area (Å²) in [5.74, 6) is 0.0781. The first-order valence-electron chi connectivity index (χ1n) is 8.32. The third kappa shape index (κ3) is 4.12. The molecule has 1 amide bonds. The van der Waals surface area contributed by atoms with Crippen LogP contribution in [0.2, 0.25) is 5.02 Å². The summed E-state index contributed by atoms with van der Waals surface area (Å²) >= 11 is 6.66. The Hall–Kier alpha value is -3.25. The molecule has 136 valence electrons. The number of rotatable bonds is 6. The van der Waals surface area contributed by atoms with Gasteiger partial charge >= 0.3 is 0 Å². The molecule has 0 fully saturated rings. The summed E-state index contributed by atoms with van der Waals surface area (Å²) in [7, 11) is 1.55. The number of hydrogen-bond acceptors (Lipinski definition) is 5. The molecule has 0 saturated heterocycles. The van der Waals surface area contributed by atoms with Crippen molar-refractivity contribution in [2.24, 2.45) is 0 Å².